The van der Waals surface area contributed by atoms with E-state index in [1.807, 2.05) is 36.7 Å². The van der Waals surface area contributed by atoms with Crippen molar-refractivity contribution in [1.29, 1.82) is 0 Å². The van der Waals surface area contributed by atoms with Crippen molar-refractivity contribution in [2.45, 2.75) is 32.0 Å². The standard InChI is InChI=1S/C22H26N4O2.2ClH/c23-21(18-8-10-28-11-9-18)22(27)24-13-16-4-3-5-17(12-16)14-26-15-25-19-6-1-2-7-20(19)26;;/h1-7,12,15,18,21H,8-11,13-14,23H2,(H,24,27);2*1H. The number of nitrogens with zero attached hydrogens (tertiary/aromatic N) is 2. The average Bonchev–Trinajstić information content (AvgIpc) is 3.15. The van der Waals surface area contributed by atoms with Crippen molar-refractivity contribution in [3.8, 4) is 0 Å². The van der Waals surface area contributed by atoms with E-state index in [1.54, 1.807) is 0 Å². The van der Waals surface area contributed by atoms with Crippen LogP contribution in [0.5, 0.6) is 0 Å². The first-order chi connectivity index (χ1) is 13.7. The third-order valence-corrected chi connectivity index (χ3v) is 5.41. The third-order valence-electron chi connectivity index (χ3n) is 5.41. The van der Waals surface area contributed by atoms with Crippen molar-refractivity contribution in [1.82, 2.24) is 14.9 Å². The van der Waals surface area contributed by atoms with Crippen LogP contribution in [0, 0.1) is 5.92 Å². The molecule has 8 heteroatoms. The van der Waals surface area contributed by atoms with E-state index in [9.17, 15) is 4.79 Å². The summed E-state index contributed by atoms with van der Waals surface area (Å²) in [5, 5.41) is 2.99. The maximum absolute atomic E-state index is 12.4. The molecule has 1 saturated heterocycles. The number of hydrogen-bond acceptors (Lipinski definition) is 4. The van der Waals surface area contributed by atoms with Crippen LogP contribution in [-0.2, 0) is 22.6 Å². The molecule has 0 radical (unpaired) electrons. The summed E-state index contributed by atoms with van der Waals surface area (Å²) < 4.78 is 7.48. The van der Waals surface area contributed by atoms with Crippen molar-refractivity contribution in [3.05, 3.63) is 66.0 Å². The Morgan fingerprint density at radius 3 is 2.67 bits per heavy atom. The second-order valence-electron chi connectivity index (χ2n) is 7.37. The molecule has 0 bridgehead atoms. The van der Waals surface area contributed by atoms with Gasteiger partial charge in [0.2, 0.25) is 5.91 Å². The van der Waals surface area contributed by atoms with Crippen LogP contribution in [0.25, 0.3) is 11.0 Å². The predicted octanol–water partition coefficient (Wildman–Crippen LogP) is 3.30. The summed E-state index contributed by atoms with van der Waals surface area (Å²) >= 11 is 0. The van der Waals surface area contributed by atoms with Crippen LogP contribution in [0.2, 0.25) is 0 Å². The Kier molecular flexibility index (Phi) is 9.11. The van der Waals surface area contributed by atoms with Crippen molar-refractivity contribution in [2.24, 2.45) is 11.7 Å². The highest BCUT2D eigenvalue weighted by Gasteiger charge is 2.26. The number of nitrogens with one attached hydrogen (secondary N) is 1. The summed E-state index contributed by atoms with van der Waals surface area (Å²) in [5.74, 6) is 0.118. The number of ether oxygens (including phenoxy) is 1. The number of rotatable bonds is 6. The zero-order valence-corrected chi connectivity index (χ0v) is 18.3. The van der Waals surface area contributed by atoms with Crippen LogP contribution < -0.4 is 11.1 Å². The largest absolute Gasteiger partial charge is 0.381 e. The van der Waals surface area contributed by atoms with Gasteiger partial charge in [-0.15, -0.1) is 24.8 Å². The van der Waals surface area contributed by atoms with Gasteiger partial charge in [0.05, 0.1) is 23.4 Å². The molecule has 2 aromatic carbocycles. The minimum Gasteiger partial charge on any atom is -0.381 e. The first-order valence-electron chi connectivity index (χ1n) is 9.79. The van der Waals surface area contributed by atoms with Crippen LogP contribution in [-0.4, -0.2) is 34.7 Å². The summed E-state index contributed by atoms with van der Waals surface area (Å²) in [6.07, 6.45) is 3.57. The molecule has 162 valence electrons. The Hall–Kier alpha value is -2.12. The molecule has 2 heterocycles. The van der Waals surface area contributed by atoms with Gasteiger partial charge >= 0.3 is 0 Å². The summed E-state index contributed by atoms with van der Waals surface area (Å²) in [5.41, 5.74) is 10.5. The fourth-order valence-electron chi connectivity index (χ4n) is 3.77. The number of amides is 1. The molecule has 0 spiro atoms. The van der Waals surface area contributed by atoms with Gasteiger partial charge in [0, 0.05) is 26.3 Å². The highest BCUT2D eigenvalue weighted by atomic mass is 35.5. The van der Waals surface area contributed by atoms with Crippen molar-refractivity contribution in [3.63, 3.8) is 0 Å². The second kappa shape index (κ2) is 11.3. The van der Waals surface area contributed by atoms with E-state index in [2.05, 4.69) is 33.1 Å². The molecule has 1 aromatic heterocycles. The summed E-state index contributed by atoms with van der Waals surface area (Å²) in [6, 6.07) is 15.9. The average molecular weight is 451 g/mol. The van der Waals surface area contributed by atoms with Crippen molar-refractivity contribution in [2.75, 3.05) is 13.2 Å². The van der Waals surface area contributed by atoms with E-state index in [0.717, 1.165) is 36.0 Å². The fourth-order valence-corrected chi connectivity index (χ4v) is 3.77. The van der Waals surface area contributed by atoms with E-state index < -0.39 is 6.04 Å². The number of carbonyl (C=O) groups excluding carboxylic acids is 1. The van der Waals surface area contributed by atoms with Gasteiger partial charge in [-0.25, -0.2) is 4.98 Å². The molecule has 3 aromatic rings. The molecule has 0 aliphatic carbocycles. The lowest BCUT2D eigenvalue weighted by Crippen LogP contribution is -2.46. The minimum atomic E-state index is -0.468. The third kappa shape index (κ3) is 5.73. The lowest BCUT2D eigenvalue weighted by molar-refractivity contribution is -0.124. The van der Waals surface area contributed by atoms with Gasteiger partial charge in [-0.3, -0.25) is 4.79 Å². The lowest BCUT2D eigenvalue weighted by atomic mass is 9.92. The topological polar surface area (TPSA) is 82.2 Å². The molecule has 1 amide bonds. The number of nitrogens with two attached hydrogens (primary N) is 1. The molecule has 1 atom stereocenters. The van der Waals surface area contributed by atoms with Gasteiger partial charge in [0.15, 0.2) is 0 Å². The van der Waals surface area contributed by atoms with Crippen molar-refractivity contribution < 1.29 is 9.53 Å². The first-order valence-corrected chi connectivity index (χ1v) is 9.79. The number of para-hydroxylation sites is 2. The summed E-state index contributed by atoms with van der Waals surface area (Å²) in [6.45, 7) is 2.60. The van der Waals surface area contributed by atoms with Crippen LogP contribution in [0.1, 0.15) is 24.0 Å². The van der Waals surface area contributed by atoms with Gasteiger partial charge in [-0.2, -0.15) is 0 Å². The zero-order valence-electron chi connectivity index (χ0n) is 16.7. The van der Waals surface area contributed by atoms with Crippen LogP contribution in [0.3, 0.4) is 0 Å². The fraction of sp³-hybridized carbons (Fsp3) is 0.364. The molecule has 1 fully saturated rings. The lowest BCUT2D eigenvalue weighted by Gasteiger charge is -2.26. The number of imidazole rings is 1. The second-order valence-corrected chi connectivity index (χ2v) is 7.37. The van der Waals surface area contributed by atoms with Gasteiger partial charge < -0.3 is 20.4 Å². The minimum absolute atomic E-state index is 0. The maximum atomic E-state index is 12.4. The van der Waals surface area contributed by atoms with E-state index in [-0.39, 0.29) is 36.6 Å². The van der Waals surface area contributed by atoms with Gasteiger partial charge in [0.1, 0.15) is 0 Å². The monoisotopic (exact) mass is 450 g/mol. The Morgan fingerprint density at radius 2 is 1.87 bits per heavy atom. The molecule has 1 unspecified atom stereocenters. The molecule has 0 saturated carbocycles. The highest BCUT2D eigenvalue weighted by molar-refractivity contribution is 5.85. The Morgan fingerprint density at radius 1 is 1.13 bits per heavy atom. The smallest absolute Gasteiger partial charge is 0.237 e. The van der Waals surface area contributed by atoms with Gasteiger partial charge in [-0.05, 0) is 42.0 Å². The van der Waals surface area contributed by atoms with Crippen LogP contribution >= 0.6 is 24.8 Å². The molecule has 6 nitrogen and oxygen atoms in total. The molecule has 4 rings (SSSR count). The van der Waals surface area contributed by atoms with Crippen molar-refractivity contribution >= 4 is 41.8 Å². The Labute approximate surface area is 189 Å². The van der Waals surface area contributed by atoms with E-state index in [0.29, 0.717) is 19.8 Å². The normalized spacial score (nSPS) is 15.1. The number of hydrogen-bond donors (Lipinski definition) is 2. The molecular weight excluding hydrogens is 423 g/mol. The summed E-state index contributed by atoms with van der Waals surface area (Å²) in [7, 11) is 0. The van der Waals surface area contributed by atoms with Crippen LogP contribution in [0.4, 0.5) is 0 Å². The van der Waals surface area contributed by atoms with Crippen LogP contribution in [0.15, 0.2) is 54.9 Å². The highest BCUT2D eigenvalue weighted by Crippen LogP contribution is 2.18. The molecule has 1 aliphatic heterocycles. The van der Waals surface area contributed by atoms with E-state index in [4.69, 9.17) is 10.5 Å². The molecule has 3 N–H and O–H groups in total. The number of halogens is 2. The zero-order chi connectivity index (χ0) is 19.3. The maximum Gasteiger partial charge on any atom is 0.237 e. The Bertz CT molecular complexity index is 957. The van der Waals surface area contributed by atoms with E-state index in [1.165, 1.54) is 5.56 Å². The summed E-state index contributed by atoms with van der Waals surface area (Å²) in [4.78, 5) is 16.9. The molecular formula is C22H28Cl2N4O2. The number of fused-ring (bicyclic) bond motifs is 1. The first kappa shape index (κ1) is 24.2. The molecule has 1 aliphatic rings. The van der Waals surface area contributed by atoms with Gasteiger partial charge in [-0.1, -0.05) is 36.4 Å². The molecule has 30 heavy (non-hydrogen) atoms. The van der Waals surface area contributed by atoms with Gasteiger partial charge in [0.25, 0.3) is 0 Å². The SMILES string of the molecule is Cl.Cl.NC(C(=O)NCc1cccc(Cn2cnc3ccccc32)c1)C1CCOCC1. The number of benzene rings is 2. The number of aromatic nitrogens is 2. The van der Waals surface area contributed by atoms with E-state index >= 15 is 0 Å². The predicted molar refractivity (Wildman–Crippen MR) is 123 cm³/mol. The number of carbonyl (C=O) groups is 1. The Balaban J connectivity index is 0.00000160. The quantitative estimate of drug-likeness (QED) is 0.603.